The van der Waals surface area contributed by atoms with E-state index < -0.39 is 0 Å². The number of hydrogen-bond acceptors (Lipinski definition) is 5. The van der Waals surface area contributed by atoms with Crippen LogP contribution in [0.15, 0.2) is 24.3 Å². The molecule has 100 valence electrons. The summed E-state index contributed by atoms with van der Waals surface area (Å²) in [5, 5.41) is 0. The molecule has 19 heavy (non-hydrogen) atoms. The number of thioether (sulfide) groups is 1. The number of rotatable bonds is 1. The quantitative estimate of drug-likeness (QED) is 0.866. The smallest absolute Gasteiger partial charge is 0.172 e. The Morgan fingerprint density at radius 2 is 1.89 bits per heavy atom. The van der Waals surface area contributed by atoms with Crippen LogP contribution in [0.2, 0.25) is 0 Å². The average Bonchev–Trinajstić information content (AvgIpc) is 2.36. The van der Waals surface area contributed by atoms with Gasteiger partial charge in [0.1, 0.15) is 0 Å². The molecule has 1 aromatic heterocycles. The maximum atomic E-state index is 6.08. The van der Waals surface area contributed by atoms with Crippen molar-refractivity contribution in [2.45, 2.75) is 18.6 Å². The van der Waals surface area contributed by atoms with Gasteiger partial charge in [0.2, 0.25) is 0 Å². The molecule has 1 saturated heterocycles. The van der Waals surface area contributed by atoms with Gasteiger partial charge in [0.25, 0.3) is 0 Å². The maximum absolute atomic E-state index is 6.08. The molecule has 1 aliphatic rings. The standard InChI is InChI=1S/C14H18N4S/c1-14(2)9-18(7-8-19-14)13-12(15)16-10-5-3-4-6-11(10)17-13/h3-6H,7-9H2,1-2H3,(H2,15,16). The van der Waals surface area contributed by atoms with Gasteiger partial charge in [-0.15, -0.1) is 0 Å². The van der Waals surface area contributed by atoms with Crippen molar-refractivity contribution in [1.82, 2.24) is 9.97 Å². The molecule has 2 N–H and O–H groups in total. The van der Waals surface area contributed by atoms with Crippen LogP contribution in [-0.2, 0) is 0 Å². The lowest BCUT2D eigenvalue weighted by atomic mass is 10.2. The van der Waals surface area contributed by atoms with Crippen LogP contribution in [-0.4, -0.2) is 33.6 Å². The number of para-hydroxylation sites is 2. The van der Waals surface area contributed by atoms with Crippen molar-refractivity contribution in [2.24, 2.45) is 0 Å². The van der Waals surface area contributed by atoms with Gasteiger partial charge in [0, 0.05) is 23.6 Å². The van der Waals surface area contributed by atoms with Crippen LogP contribution in [0.3, 0.4) is 0 Å². The highest BCUT2D eigenvalue weighted by Crippen LogP contribution is 2.33. The number of nitrogen functional groups attached to an aromatic ring is 1. The minimum Gasteiger partial charge on any atom is -0.381 e. The van der Waals surface area contributed by atoms with Gasteiger partial charge in [-0.1, -0.05) is 12.1 Å². The number of anilines is 2. The number of nitrogens with two attached hydrogens (primary N) is 1. The van der Waals surface area contributed by atoms with Crippen LogP contribution in [0.5, 0.6) is 0 Å². The van der Waals surface area contributed by atoms with Crippen LogP contribution in [0.25, 0.3) is 11.0 Å². The van der Waals surface area contributed by atoms with E-state index in [0.717, 1.165) is 35.7 Å². The molecule has 2 heterocycles. The van der Waals surface area contributed by atoms with E-state index in [1.54, 1.807) is 0 Å². The lowest BCUT2D eigenvalue weighted by Gasteiger charge is -2.38. The minimum atomic E-state index is 0.234. The molecular formula is C14H18N4S. The van der Waals surface area contributed by atoms with Gasteiger partial charge in [-0.05, 0) is 26.0 Å². The topological polar surface area (TPSA) is 55.0 Å². The van der Waals surface area contributed by atoms with Gasteiger partial charge in [-0.3, -0.25) is 0 Å². The van der Waals surface area contributed by atoms with Crippen molar-refractivity contribution >= 4 is 34.4 Å². The molecule has 0 spiro atoms. The first-order chi connectivity index (χ1) is 9.05. The molecule has 0 unspecified atom stereocenters. The van der Waals surface area contributed by atoms with E-state index in [1.165, 1.54) is 0 Å². The molecule has 1 fully saturated rings. The van der Waals surface area contributed by atoms with Crippen LogP contribution >= 0.6 is 11.8 Å². The number of nitrogens with zero attached hydrogens (tertiary/aromatic N) is 3. The Hall–Kier alpha value is -1.49. The number of fused-ring (bicyclic) bond motifs is 1. The van der Waals surface area contributed by atoms with Crippen LogP contribution in [0, 0.1) is 0 Å². The molecule has 0 atom stereocenters. The van der Waals surface area contributed by atoms with Crippen molar-refractivity contribution in [3.05, 3.63) is 24.3 Å². The summed E-state index contributed by atoms with van der Waals surface area (Å²) in [5.74, 6) is 2.45. The predicted octanol–water partition coefficient (Wildman–Crippen LogP) is 2.54. The van der Waals surface area contributed by atoms with Crippen LogP contribution in [0.1, 0.15) is 13.8 Å². The number of benzene rings is 1. The summed E-state index contributed by atoms with van der Waals surface area (Å²) in [6, 6.07) is 7.86. The second-order valence-electron chi connectivity index (χ2n) is 5.45. The van der Waals surface area contributed by atoms with Gasteiger partial charge in [0.05, 0.1) is 11.0 Å². The Morgan fingerprint density at radius 1 is 1.21 bits per heavy atom. The fourth-order valence-electron chi connectivity index (χ4n) is 2.43. The maximum Gasteiger partial charge on any atom is 0.172 e. The van der Waals surface area contributed by atoms with E-state index in [9.17, 15) is 0 Å². The second-order valence-corrected chi connectivity index (χ2v) is 7.25. The molecule has 0 saturated carbocycles. The fourth-order valence-corrected chi connectivity index (χ4v) is 3.55. The molecular weight excluding hydrogens is 256 g/mol. The third-order valence-electron chi connectivity index (χ3n) is 3.30. The van der Waals surface area contributed by atoms with Gasteiger partial charge >= 0.3 is 0 Å². The highest BCUT2D eigenvalue weighted by molar-refractivity contribution is 8.00. The van der Waals surface area contributed by atoms with Gasteiger partial charge < -0.3 is 10.6 Å². The van der Waals surface area contributed by atoms with Crippen molar-refractivity contribution in [3.63, 3.8) is 0 Å². The molecule has 1 aromatic carbocycles. The fraction of sp³-hybridized carbons (Fsp3) is 0.429. The summed E-state index contributed by atoms with van der Waals surface area (Å²) >= 11 is 2.00. The first-order valence-corrected chi connectivity index (χ1v) is 7.45. The molecule has 5 heteroatoms. The third-order valence-corrected chi connectivity index (χ3v) is 4.60. The number of aromatic nitrogens is 2. The summed E-state index contributed by atoms with van der Waals surface area (Å²) in [5.41, 5.74) is 7.85. The SMILES string of the molecule is CC1(C)CN(c2nc3ccccc3nc2N)CCS1. The Kier molecular flexibility index (Phi) is 3.01. The molecule has 0 amide bonds. The lowest BCUT2D eigenvalue weighted by Crippen LogP contribution is -2.43. The third kappa shape index (κ3) is 2.47. The Balaban J connectivity index is 2.02. The molecule has 0 aliphatic carbocycles. The van der Waals surface area contributed by atoms with E-state index in [1.807, 2.05) is 36.0 Å². The molecule has 3 rings (SSSR count). The Morgan fingerprint density at radius 3 is 2.58 bits per heavy atom. The van der Waals surface area contributed by atoms with E-state index in [4.69, 9.17) is 10.7 Å². The highest BCUT2D eigenvalue weighted by atomic mass is 32.2. The lowest BCUT2D eigenvalue weighted by molar-refractivity contribution is 0.643. The summed E-state index contributed by atoms with van der Waals surface area (Å²) < 4.78 is 0.234. The summed E-state index contributed by atoms with van der Waals surface area (Å²) in [6.07, 6.45) is 0. The molecule has 0 bridgehead atoms. The average molecular weight is 274 g/mol. The van der Waals surface area contributed by atoms with Crippen molar-refractivity contribution < 1.29 is 0 Å². The summed E-state index contributed by atoms with van der Waals surface area (Å²) in [7, 11) is 0. The summed E-state index contributed by atoms with van der Waals surface area (Å²) in [4.78, 5) is 11.4. The molecule has 1 aliphatic heterocycles. The van der Waals surface area contributed by atoms with E-state index in [2.05, 4.69) is 23.7 Å². The van der Waals surface area contributed by atoms with Gasteiger partial charge in [-0.25, -0.2) is 9.97 Å². The van der Waals surface area contributed by atoms with Crippen molar-refractivity contribution in [2.75, 3.05) is 29.5 Å². The molecule has 2 aromatic rings. The van der Waals surface area contributed by atoms with E-state index >= 15 is 0 Å². The zero-order valence-electron chi connectivity index (χ0n) is 11.3. The normalized spacial score (nSPS) is 18.7. The Labute approximate surface area is 117 Å². The largest absolute Gasteiger partial charge is 0.381 e. The zero-order chi connectivity index (χ0) is 13.5. The van der Waals surface area contributed by atoms with Gasteiger partial charge in [0.15, 0.2) is 11.6 Å². The first-order valence-electron chi connectivity index (χ1n) is 6.46. The molecule has 4 nitrogen and oxygen atoms in total. The second kappa shape index (κ2) is 4.56. The van der Waals surface area contributed by atoms with Crippen molar-refractivity contribution in [3.8, 4) is 0 Å². The zero-order valence-corrected chi connectivity index (χ0v) is 12.1. The van der Waals surface area contributed by atoms with Crippen molar-refractivity contribution in [1.29, 1.82) is 0 Å². The Bertz CT molecular complexity index is 611. The first kappa shape index (κ1) is 12.5. The monoisotopic (exact) mass is 274 g/mol. The van der Waals surface area contributed by atoms with E-state index in [-0.39, 0.29) is 4.75 Å². The van der Waals surface area contributed by atoms with Crippen LogP contribution < -0.4 is 10.6 Å². The predicted molar refractivity (Wildman–Crippen MR) is 82.7 cm³/mol. The van der Waals surface area contributed by atoms with Gasteiger partial charge in [-0.2, -0.15) is 11.8 Å². The summed E-state index contributed by atoms with van der Waals surface area (Å²) in [6.45, 7) is 6.45. The van der Waals surface area contributed by atoms with Crippen LogP contribution in [0.4, 0.5) is 11.6 Å². The highest BCUT2D eigenvalue weighted by Gasteiger charge is 2.29. The number of hydrogen-bond donors (Lipinski definition) is 1. The van der Waals surface area contributed by atoms with E-state index in [0.29, 0.717) is 5.82 Å². The minimum absolute atomic E-state index is 0.234. The molecule has 0 radical (unpaired) electrons.